The molecular weight excluding hydrogens is 308 g/mol. The number of amides is 1. The molecule has 3 unspecified atom stereocenters. The molecule has 23 heavy (non-hydrogen) atoms. The van der Waals surface area contributed by atoms with Gasteiger partial charge in [0.2, 0.25) is 0 Å². The predicted octanol–water partition coefficient (Wildman–Crippen LogP) is 4.04. The Morgan fingerprint density at radius 1 is 1.09 bits per heavy atom. The van der Waals surface area contributed by atoms with Gasteiger partial charge >= 0.3 is 6.09 Å². The monoisotopic (exact) mass is 342 g/mol. The summed E-state index contributed by atoms with van der Waals surface area (Å²) in [6.07, 6.45) is 10.7. The van der Waals surface area contributed by atoms with E-state index in [0.29, 0.717) is 12.1 Å². The average molecular weight is 343 g/mol. The van der Waals surface area contributed by atoms with Gasteiger partial charge < -0.3 is 15.0 Å². The lowest BCUT2D eigenvalue weighted by Crippen LogP contribution is -2.42. The van der Waals surface area contributed by atoms with Crippen molar-refractivity contribution in [2.75, 3.05) is 19.3 Å². The van der Waals surface area contributed by atoms with Gasteiger partial charge in [-0.05, 0) is 65.6 Å². The molecule has 134 valence electrons. The van der Waals surface area contributed by atoms with Crippen molar-refractivity contribution in [1.29, 1.82) is 0 Å². The highest BCUT2D eigenvalue weighted by atomic mass is 32.2. The Morgan fingerprint density at radius 3 is 2.52 bits per heavy atom. The Kier molecular flexibility index (Phi) is 7.08. The molecule has 2 rings (SSSR count). The Hall–Kier alpha value is -0.420. The molecule has 4 nitrogen and oxygen atoms in total. The third-order valence-corrected chi connectivity index (χ3v) is 5.91. The molecule has 3 atom stereocenters. The van der Waals surface area contributed by atoms with E-state index >= 15 is 0 Å². The van der Waals surface area contributed by atoms with Crippen molar-refractivity contribution in [3.63, 3.8) is 0 Å². The van der Waals surface area contributed by atoms with Crippen molar-refractivity contribution in [1.82, 2.24) is 10.2 Å². The van der Waals surface area contributed by atoms with E-state index in [4.69, 9.17) is 4.74 Å². The largest absolute Gasteiger partial charge is 0.444 e. The van der Waals surface area contributed by atoms with Crippen molar-refractivity contribution in [2.24, 2.45) is 0 Å². The average Bonchev–Trinajstić information content (AvgIpc) is 2.71. The van der Waals surface area contributed by atoms with Crippen molar-refractivity contribution < 1.29 is 9.53 Å². The first kappa shape index (κ1) is 18.9. The van der Waals surface area contributed by atoms with Gasteiger partial charge in [-0.15, -0.1) is 0 Å². The summed E-state index contributed by atoms with van der Waals surface area (Å²) in [6, 6.07) is 1.22. The third-order valence-electron chi connectivity index (χ3n) is 4.81. The second-order valence-electron chi connectivity index (χ2n) is 7.98. The summed E-state index contributed by atoms with van der Waals surface area (Å²) in [7, 11) is 0. The van der Waals surface area contributed by atoms with Gasteiger partial charge in [-0.3, -0.25) is 0 Å². The minimum atomic E-state index is -0.407. The van der Waals surface area contributed by atoms with Crippen LogP contribution < -0.4 is 5.32 Å². The van der Waals surface area contributed by atoms with E-state index < -0.39 is 5.60 Å². The highest BCUT2D eigenvalue weighted by molar-refractivity contribution is 7.99. The summed E-state index contributed by atoms with van der Waals surface area (Å²) in [6.45, 7) is 7.42. The molecule has 2 fully saturated rings. The Balaban J connectivity index is 1.78. The number of nitrogens with zero attached hydrogens (tertiary/aromatic N) is 1. The van der Waals surface area contributed by atoms with Crippen LogP contribution in [0.4, 0.5) is 4.79 Å². The van der Waals surface area contributed by atoms with Crippen molar-refractivity contribution in [3.05, 3.63) is 0 Å². The van der Waals surface area contributed by atoms with E-state index in [1.165, 1.54) is 32.1 Å². The SMILES string of the molecule is CSC1CCCC(NC2CCCN(C(=O)OC(C)(C)C)CC2)C1. The highest BCUT2D eigenvalue weighted by Crippen LogP contribution is 2.28. The smallest absolute Gasteiger partial charge is 0.410 e. The fourth-order valence-corrected chi connectivity index (χ4v) is 4.44. The number of nitrogens with one attached hydrogen (secondary N) is 1. The van der Waals surface area contributed by atoms with Crippen LogP contribution in [-0.4, -0.2) is 53.3 Å². The van der Waals surface area contributed by atoms with Gasteiger partial charge in [0.15, 0.2) is 0 Å². The minimum absolute atomic E-state index is 0.154. The lowest BCUT2D eigenvalue weighted by molar-refractivity contribution is 0.0256. The summed E-state index contributed by atoms with van der Waals surface area (Å²) in [5.41, 5.74) is -0.407. The number of rotatable bonds is 3. The van der Waals surface area contributed by atoms with E-state index in [2.05, 4.69) is 11.6 Å². The van der Waals surface area contributed by atoms with Crippen LogP contribution in [0.3, 0.4) is 0 Å². The van der Waals surface area contributed by atoms with Gasteiger partial charge in [-0.25, -0.2) is 4.79 Å². The molecule has 1 N–H and O–H groups in total. The molecule has 1 amide bonds. The zero-order valence-corrected chi connectivity index (χ0v) is 16.1. The first-order valence-corrected chi connectivity index (χ1v) is 10.4. The molecule has 0 aromatic heterocycles. The number of carbonyl (C=O) groups is 1. The van der Waals surface area contributed by atoms with Crippen LogP contribution >= 0.6 is 11.8 Å². The Morgan fingerprint density at radius 2 is 1.83 bits per heavy atom. The minimum Gasteiger partial charge on any atom is -0.444 e. The number of carbonyl (C=O) groups excluding carboxylic acids is 1. The number of ether oxygens (including phenoxy) is 1. The molecule has 1 saturated carbocycles. The normalized spacial score (nSPS) is 29.9. The number of hydrogen-bond acceptors (Lipinski definition) is 4. The number of hydrogen-bond donors (Lipinski definition) is 1. The maximum absolute atomic E-state index is 12.2. The summed E-state index contributed by atoms with van der Waals surface area (Å²) < 4.78 is 5.51. The molecule has 1 aliphatic heterocycles. The zero-order valence-electron chi connectivity index (χ0n) is 15.3. The van der Waals surface area contributed by atoms with Crippen LogP contribution in [0.2, 0.25) is 0 Å². The molecule has 1 saturated heterocycles. The molecular formula is C18H34N2O2S. The third kappa shape index (κ3) is 6.54. The van der Waals surface area contributed by atoms with Gasteiger partial charge in [-0.2, -0.15) is 11.8 Å². The second-order valence-corrected chi connectivity index (χ2v) is 9.12. The van der Waals surface area contributed by atoms with Crippen LogP contribution in [0.1, 0.15) is 65.7 Å². The molecule has 0 aromatic rings. The van der Waals surface area contributed by atoms with Crippen LogP contribution in [-0.2, 0) is 4.74 Å². The first-order chi connectivity index (χ1) is 10.9. The molecule has 0 spiro atoms. The van der Waals surface area contributed by atoms with Gasteiger partial charge in [0.05, 0.1) is 0 Å². The number of likely N-dealkylation sites (tertiary alicyclic amines) is 1. The topological polar surface area (TPSA) is 41.6 Å². The van der Waals surface area contributed by atoms with Crippen LogP contribution in [0.25, 0.3) is 0 Å². The fourth-order valence-electron chi connectivity index (χ4n) is 3.62. The second kappa shape index (κ2) is 8.61. The highest BCUT2D eigenvalue weighted by Gasteiger charge is 2.27. The summed E-state index contributed by atoms with van der Waals surface area (Å²) in [5.74, 6) is 0. The molecule has 1 aliphatic carbocycles. The van der Waals surface area contributed by atoms with Crippen LogP contribution in [0, 0.1) is 0 Å². The van der Waals surface area contributed by atoms with E-state index in [1.54, 1.807) is 0 Å². The molecule has 0 aromatic carbocycles. The molecule has 2 aliphatic rings. The summed E-state index contributed by atoms with van der Waals surface area (Å²) >= 11 is 2.02. The van der Waals surface area contributed by atoms with Gasteiger partial charge in [0, 0.05) is 30.4 Å². The lowest BCUT2D eigenvalue weighted by atomic mass is 9.93. The van der Waals surface area contributed by atoms with Crippen LogP contribution in [0.15, 0.2) is 0 Å². The maximum Gasteiger partial charge on any atom is 0.410 e. The van der Waals surface area contributed by atoms with E-state index in [9.17, 15) is 4.79 Å². The van der Waals surface area contributed by atoms with Gasteiger partial charge in [0.1, 0.15) is 5.60 Å². The maximum atomic E-state index is 12.2. The molecule has 5 heteroatoms. The van der Waals surface area contributed by atoms with Gasteiger partial charge in [0.25, 0.3) is 0 Å². The first-order valence-electron chi connectivity index (χ1n) is 9.14. The van der Waals surface area contributed by atoms with Gasteiger partial charge in [-0.1, -0.05) is 6.42 Å². The standard InChI is InChI=1S/C18H34N2O2S/c1-18(2,3)22-17(21)20-11-6-8-14(10-12-20)19-15-7-5-9-16(13-15)23-4/h14-16,19H,5-13H2,1-4H3. The predicted molar refractivity (Wildman–Crippen MR) is 98.1 cm³/mol. The lowest BCUT2D eigenvalue weighted by Gasteiger charge is -2.32. The van der Waals surface area contributed by atoms with E-state index in [1.807, 2.05) is 37.4 Å². The van der Waals surface area contributed by atoms with E-state index in [-0.39, 0.29) is 6.09 Å². The molecule has 1 heterocycles. The molecule has 0 bridgehead atoms. The fraction of sp³-hybridized carbons (Fsp3) is 0.944. The quantitative estimate of drug-likeness (QED) is 0.840. The summed E-state index contributed by atoms with van der Waals surface area (Å²) in [5, 5.41) is 4.70. The van der Waals surface area contributed by atoms with Crippen LogP contribution in [0.5, 0.6) is 0 Å². The number of thioether (sulfide) groups is 1. The molecule has 0 radical (unpaired) electrons. The summed E-state index contributed by atoms with van der Waals surface area (Å²) in [4.78, 5) is 14.1. The van der Waals surface area contributed by atoms with Crippen molar-refractivity contribution in [3.8, 4) is 0 Å². The van der Waals surface area contributed by atoms with E-state index in [0.717, 1.165) is 31.2 Å². The Bertz CT molecular complexity index is 384. The Labute approximate surface area is 146 Å². The van der Waals surface area contributed by atoms with Crippen molar-refractivity contribution >= 4 is 17.9 Å². The zero-order chi connectivity index (χ0) is 16.9. The van der Waals surface area contributed by atoms with Crippen molar-refractivity contribution in [2.45, 2.75) is 88.7 Å².